The molecule has 19 heavy (non-hydrogen) atoms. The molecular weight excluding hydrogens is 261 g/mol. The zero-order valence-electron chi connectivity index (χ0n) is 11.1. The molecule has 0 spiro atoms. The van der Waals surface area contributed by atoms with Crippen molar-refractivity contribution in [2.24, 2.45) is 0 Å². The second-order valence-corrected chi connectivity index (χ2v) is 4.42. The fraction of sp³-hybridized carbons (Fsp3) is 0.636. The maximum atomic E-state index is 12.1. The van der Waals surface area contributed by atoms with Crippen LogP contribution in [0.25, 0.3) is 0 Å². The van der Waals surface area contributed by atoms with Crippen molar-refractivity contribution in [1.29, 1.82) is 0 Å². The van der Waals surface area contributed by atoms with Crippen LogP contribution in [0.2, 0.25) is 0 Å². The molecule has 2 N–H and O–H groups in total. The Hall–Kier alpha value is -1.73. The number of hydrogen-bond acceptors (Lipinski definition) is 3. The molecule has 8 heteroatoms. The lowest BCUT2D eigenvalue weighted by Crippen LogP contribution is -2.33. The number of amides is 1. The molecule has 0 radical (unpaired) electrons. The summed E-state index contributed by atoms with van der Waals surface area (Å²) in [5, 5.41) is 4.06. The molecule has 1 heterocycles. The van der Waals surface area contributed by atoms with Crippen LogP contribution in [0.15, 0.2) is 0 Å². The Balaban J connectivity index is 2.61. The first-order chi connectivity index (χ1) is 8.61. The van der Waals surface area contributed by atoms with Crippen LogP contribution in [-0.4, -0.2) is 40.4 Å². The van der Waals surface area contributed by atoms with E-state index in [0.717, 1.165) is 4.90 Å². The number of nitrogens with zero attached hydrogens (tertiary/aromatic N) is 3. The van der Waals surface area contributed by atoms with Crippen LogP contribution in [0.4, 0.5) is 18.9 Å². The first kappa shape index (κ1) is 15.3. The fourth-order valence-corrected chi connectivity index (χ4v) is 1.53. The van der Waals surface area contributed by atoms with Crippen LogP contribution < -0.4 is 5.73 Å². The van der Waals surface area contributed by atoms with Crippen LogP contribution >= 0.6 is 0 Å². The third-order valence-corrected chi connectivity index (χ3v) is 2.88. The summed E-state index contributed by atoms with van der Waals surface area (Å²) in [5.41, 5.74) is 7.44. The number of anilines is 1. The lowest BCUT2D eigenvalue weighted by molar-refractivity contribution is -0.144. The predicted octanol–water partition coefficient (Wildman–Crippen LogP) is 1.49. The molecule has 0 aliphatic carbocycles. The van der Waals surface area contributed by atoms with Gasteiger partial charge in [-0.25, -0.2) is 0 Å². The number of nitrogen functional groups attached to an aromatic ring is 1. The number of carbonyl (C=O) groups is 1. The van der Waals surface area contributed by atoms with Crippen LogP contribution in [0.5, 0.6) is 0 Å². The SMILES string of the molecule is Cc1nn(CC(=O)N(C)CCC(F)(F)F)c(C)c1N. The largest absolute Gasteiger partial charge is 0.396 e. The first-order valence-corrected chi connectivity index (χ1v) is 5.72. The van der Waals surface area contributed by atoms with Gasteiger partial charge in [0.15, 0.2) is 0 Å². The number of nitrogens with two attached hydrogens (primary N) is 1. The third-order valence-electron chi connectivity index (χ3n) is 2.88. The molecule has 0 atom stereocenters. The third kappa shape index (κ3) is 4.15. The van der Waals surface area contributed by atoms with Gasteiger partial charge < -0.3 is 10.6 Å². The Kier molecular flexibility index (Phi) is 4.43. The van der Waals surface area contributed by atoms with Crippen LogP contribution in [0, 0.1) is 13.8 Å². The van der Waals surface area contributed by atoms with E-state index in [2.05, 4.69) is 5.10 Å². The Morgan fingerprint density at radius 2 is 2.00 bits per heavy atom. The number of halogens is 3. The van der Waals surface area contributed by atoms with Gasteiger partial charge in [0, 0.05) is 13.6 Å². The van der Waals surface area contributed by atoms with E-state index in [-0.39, 0.29) is 13.1 Å². The van der Waals surface area contributed by atoms with Crippen molar-refractivity contribution in [3.63, 3.8) is 0 Å². The van der Waals surface area contributed by atoms with Gasteiger partial charge in [0.05, 0.1) is 23.5 Å². The predicted molar refractivity (Wildman–Crippen MR) is 64.4 cm³/mol. The van der Waals surface area contributed by atoms with Crippen molar-refractivity contribution in [2.45, 2.75) is 33.0 Å². The van der Waals surface area contributed by atoms with Crippen molar-refractivity contribution < 1.29 is 18.0 Å². The summed E-state index contributed by atoms with van der Waals surface area (Å²) in [6.45, 7) is 2.93. The minimum absolute atomic E-state index is 0.113. The highest BCUT2D eigenvalue weighted by atomic mass is 19.4. The maximum Gasteiger partial charge on any atom is 0.390 e. The summed E-state index contributed by atoms with van der Waals surface area (Å²) < 4.78 is 37.6. The molecule has 108 valence electrons. The number of carbonyl (C=O) groups excluding carboxylic acids is 1. The van der Waals surface area contributed by atoms with Gasteiger partial charge in [-0.3, -0.25) is 9.48 Å². The zero-order valence-corrected chi connectivity index (χ0v) is 11.1. The second-order valence-electron chi connectivity index (χ2n) is 4.42. The lowest BCUT2D eigenvalue weighted by atomic mass is 10.3. The van der Waals surface area contributed by atoms with Crippen molar-refractivity contribution >= 4 is 11.6 Å². The van der Waals surface area contributed by atoms with Gasteiger partial charge in [-0.2, -0.15) is 18.3 Å². The summed E-state index contributed by atoms with van der Waals surface area (Å²) >= 11 is 0. The van der Waals surface area contributed by atoms with Crippen molar-refractivity contribution in [3.05, 3.63) is 11.4 Å². The molecule has 0 aliphatic rings. The van der Waals surface area contributed by atoms with Crippen molar-refractivity contribution in [3.8, 4) is 0 Å². The molecule has 0 bridgehead atoms. The van der Waals surface area contributed by atoms with Gasteiger partial charge in [-0.1, -0.05) is 0 Å². The number of likely N-dealkylation sites (N-methyl/N-ethyl adjacent to an activating group) is 1. The second kappa shape index (κ2) is 5.50. The van der Waals surface area contributed by atoms with E-state index >= 15 is 0 Å². The molecule has 1 amide bonds. The molecule has 0 aliphatic heterocycles. The number of hydrogen-bond donors (Lipinski definition) is 1. The Morgan fingerprint density at radius 1 is 1.42 bits per heavy atom. The molecule has 0 unspecified atom stereocenters. The van der Waals surface area contributed by atoms with E-state index in [0.29, 0.717) is 17.1 Å². The normalized spacial score (nSPS) is 11.7. The molecule has 1 rings (SSSR count). The minimum Gasteiger partial charge on any atom is -0.396 e. The van der Waals surface area contributed by atoms with Gasteiger partial charge in [-0.05, 0) is 13.8 Å². The van der Waals surface area contributed by atoms with Gasteiger partial charge in [0.2, 0.25) is 5.91 Å². The Bertz CT molecular complexity index is 467. The quantitative estimate of drug-likeness (QED) is 0.907. The number of aryl methyl sites for hydroxylation is 1. The summed E-state index contributed by atoms with van der Waals surface area (Å²) in [4.78, 5) is 12.8. The maximum absolute atomic E-state index is 12.1. The molecule has 5 nitrogen and oxygen atoms in total. The Labute approximate surface area is 109 Å². The fourth-order valence-electron chi connectivity index (χ4n) is 1.53. The van der Waals surface area contributed by atoms with Crippen molar-refractivity contribution in [1.82, 2.24) is 14.7 Å². The summed E-state index contributed by atoms with van der Waals surface area (Å²) in [6.07, 6.45) is -5.29. The number of rotatable bonds is 4. The highest BCUT2D eigenvalue weighted by Crippen LogP contribution is 2.19. The summed E-state index contributed by atoms with van der Waals surface area (Å²) in [7, 11) is 1.34. The lowest BCUT2D eigenvalue weighted by Gasteiger charge is -2.18. The van der Waals surface area contributed by atoms with E-state index in [9.17, 15) is 18.0 Å². The topological polar surface area (TPSA) is 64.2 Å². The van der Waals surface area contributed by atoms with Gasteiger partial charge in [0.25, 0.3) is 0 Å². The molecule has 0 saturated heterocycles. The summed E-state index contributed by atoms with van der Waals surface area (Å²) in [6, 6.07) is 0. The number of aromatic nitrogens is 2. The van der Waals surface area contributed by atoms with Gasteiger partial charge >= 0.3 is 6.18 Å². The molecule has 1 aromatic rings. The van der Waals surface area contributed by atoms with Crippen LogP contribution in [0.3, 0.4) is 0 Å². The smallest absolute Gasteiger partial charge is 0.390 e. The van der Waals surface area contributed by atoms with E-state index in [1.54, 1.807) is 13.8 Å². The molecule has 0 saturated carbocycles. The molecule has 0 fully saturated rings. The van der Waals surface area contributed by atoms with Crippen LogP contribution in [0.1, 0.15) is 17.8 Å². The molecule has 1 aromatic heterocycles. The van der Waals surface area contributed by atoms with Gasteiger partial charge in [0.1, 0.15) is 6.54 Å². The van der Waals surface area contributed by atoms with Crippen LogP contribution in [-0.2, 0) is 11.3 Å². The highest BCUT2D eigenvalue weighted by molar-refractivity contribution is 5.75. The zero-order chi connectivity index (χ0) is 14.8. The van der Waals surface area contributed by atoms with Gasteiger partial charge in [-0.15, -0.1) is 0 Å². The standard InChI is InChI=1S/C11H17F3N4O/c1-7-10(15)8(2)18(16-7)6-9(19)17(3)5-4-11(12,13)14/h4-6,15H2,1-3H3. The highest BCUT2D eigenvalue weighted by Gasteiger charge is 2.28. The van der Waals surface area contributed by atoms with E-state index in [4.69, 9.17) is 5.73 Å². The van der Waals surface area contributed by atoms with E-state index in [1.165, 1.54) is 11.7 Å². The molecular formula is C11H17F3N4O. The average Bonchev–Trinajstić information content (AvgIpc) is 2.53. The monoisotopic (exact) mass is 278 g/mol. The number of alkyl halides is 3. The summed E-state index contributed by atoms with van der Waals surface area (Å²) in [5.74, 6) is -0.435. The molecule has 0 aromatic carbocycles. The van der Waals surface area contributed by atoms with E-state index < -0.39 is 18.5 Å². The minimum atomic E-state index is -4.27. The average molecular weight is 278 g/mol. The first-order valence-electron chi connectivity index (χ1n) is 5.72. The Morgan fingerprint density at radius 3 is 2.42 bits per heavy atom. The van der Waals surface area contributed by atoms with E-state index in [1.807, 2.05) is 0 Å². The van der Waals surface area contributed by atoms with Crippen molar-refractivity contribution in [2.75, 3.05) is 19.3 Å².